The minimum Gasteiger partial charge on any atom is -0.493 e. The van der Waals surface area contributed by atoms with Gasteiger partial charge in [0, 0.05) is 0 Å². The molecule has 1 fully saturated rings. The Balaban J connectivity index is 1.99. The summed E-state index contributed by atoms with van der Waals surface area (Å²) in [6.07, 6.45) is 4.14. The number of hydrogen-bond acceptors (Lipinski definition) is 3. The van der Waals surface area contributed by atoms with Crippen LogP contribution in [0.4, 0.5) is 0 Å². The van der Waals surface area contributed by atoms with E-state index in [1.807, 2.05) is 25.1 Å². The van der Waals surface area contributed by atoms with Gasteiger partial charge in [-0.05, 0) is 50.2 Å². The molecule has 3 heteroatoms. The van der Waals surface area contributed by atoms with Gasteiger partial charge in [0.2, 0.25) is 0 Å². The van der Waals surface area contributed by atoms with E-state index in [9.17, 15) is 4.79 Å². The number of nitrogens with two attached hydrogens (primary N) is 1. The summed E-state index contributed by atoms with van der Waals surface area (Å²) in [5.41, 5.74) is 7.29. The zero-order valence-electron chi connectivity index (χ0n) is 10.7. The van der Waals surface area contributed by atoms with Gasteiger partial charge in [-0.2, -0.15) is 0 Å². The smallest absolute Gasteiger partial charge is 0.186 e. The predicted octanol–water partition coefficient (Wildman–Crippen LogP) is 2.32. The van der Waals surface area contributed by atoms with Crippen LogP contribution in [-0.2, 0) is 6.42 Å². The minimum atomic E-state index is -0.740. The van der Waals surface area contributed by atoms with E-state index in [1.54, 1.807) is 0 Å². The van der Waals surface area contributed by atoms with Crippen molar-refractivity contribution in [1.82, 2.24) is 0 Å². The minimum absolute atomic E-state index is 0.0313. The average molecular weight is 245 g/mol. The number of ether oxygens (including phenoxy) is 1. The third-order valence-electron chi connectivity index (χ3n) is 4.09. The van der Waals surface area contributed by atoms with Crippen LogP contribution >= 0.6 is 0 Å². The van der Waals surface area contributed by atoms with Gasteiger partial charge in [-0.1, -0.05) is 12.1 Å². The molecular weight excluding hydrogens is 226 g/mol. The first kappa shape index (κ1) is 11.7. The first-order chi connectivity index (χ1) is 8.60. The second kappa shape index (κ2) is 4.09. The van der Waals surface area contributed by atoms with E-state index < -0.39 is 5.54 Å². The number of rotatable bonds is 3. The van der Waals surface area contributed by atoms with Crippen molar-refractivity contribution >= 4 is 5.78 Å². The maximum atomic E-state index is 12.6. The van der Waals surface area contributed by atoms with Gasteiger partial charge in [-0.25, -0.2) is 0 Å². The number of benzene rings is 1. The highest BCUT2D eigenvalue weighted by atomic mass is 16.5. The Morgan fingerprint density at radius 1 is 1.44 bits per heavy atom. The number of para-hydroxylation sites is 1. The van der Waals surface area contributed by atoms with Crippen LogP contribution in [0.1, 0.15) is 42.1 Å². The molecule has 1 aromatic carbocycles. The fourth-order valence-electron chi connectivity index (χ4n) is 2.73. The monoisotopic (exact) mass is 245 g/mol. The third kappa shape index (κ3) is 1.83. The molecule has 96 valence electrons. The first-order valence-corrected chi connectivity index (χ1v) is 6.69. The van der Waals surface area contributed by atoms with Crippen LogP contribution < -0.4 is 10.5 Å². The van der Waals surface area contributed by atoms with E-state index in [0.717, 1.165) is 37.0 Å². The molecule has 2 N–H and O–H groups in total. The molecule has 1 aliphatic heterocycles. The van der Waals surface area contributed by atoms with E-state index in [4.69, 9.17) is 10.5 Å². The Labute approximate surface area is 107 Å². The van der Waals surface area contributed by atoms with Crippen LogP contribution in [0.15, 0.2) is 18.2 Å². The fourth-order valence-corrected chi connectivity index (χ4v) is 2.73. The van der Waals surface area contributed by atoms with Crippen LogP contribution in [0.25, 0.3) is 0 Å². The van der Waals surface area contributed by atoms with Gasteiger partial charge in [-0.15, -0.1) is 0 Å². The summed E-state index contributed by atoms with van der Waals surface area (Å²) in [5.74, 6) is 1.14. The van der Waals surface area contributed by atoms with Gasteiger partial charge in [0.05, 0.1) is 17.7 Å². The SMILES string of the molecule is CC(N)(C(=O)c1cccc2c1OCCC2)C1CC1. The predicted molar refractivity (Wildman–Crippen MR) is 69.9 cm³/mol. The van der Waals surface area contributed by atoms with Crippen molar-refractivity contribution in [1.29, 1.82) is 0 Å². The second-order valence-electron chi connectivity index (χ2n) is 5.63. The van der Waals surface area contributed by atoms with Gasteiger partial charge in [-0.3, -0.25) is 4.79 Å². The van der Waals surface area contributed by atoms with Crippen LogP contribution in [0.2, 0.25) is 0 Å². The Morgan fingerprint density at radius 2 is 2.22 bits per heavy atom. The maximum Gasteiger partial charge on any atom is 0.186 e. The number of Topliss-reactive ketones (excluding diaryl/α,β-unsaturated/α-hetero) is 1. The Hall–Kier alpha value is -1.35. The van der Waals surface area contributed by atoms with Gasteiger partial charge < -0.3 is 10.5 Å². The van der Waals surface area contributed by atoms with Crippen molar-refractivity contribution in [2.45, 2.75) is 38.1 Å². The third-order valence-corrected chi connectivity index (χ3v) is 4.09. The van der Waals surface area contributed by atoms with Crippen molar-refractivity contribution in [2.75, 3.05) is 6.61 Å². The number of fused-ring (bicyclic) bond motifs is 1. The maximum absolute atomic E-state index is 12.6. The topological polar surface area (TPSA) is 52.3 Å². The highest BCUT2D eigenvalue weighted by Gasteiger charge is 2.45. The highest BCUT2D eigenvalue weighted by molar-refractivity contribution is 6.05. The molecule has 3 nitrogen and oxygen atoms in total. The summed E-state index contributed by atoms with van der Waals surface area (Å²) in [6.45, 7) is 2.55. The summed E-state index contributed by atoms with van der Waals surface area (Å²) in [5, 5.41) is 0. The van der Waals surface area contributed by atoms with E-state index >= 15 is 0 Å². The van der Waals surface area contributed by atoms with Crippen LogP contribution in [0, 0.1) is 5.92 Å². The summed E-state index contributed by atoms with van der Waals surface area (Å²) in [6, 6.07) is 5.82. The lowest BCUT2D eigenvalue weighted by Gasteiger charge is -2.26. The molecule has 1 saturated carbocycles. The molecule has 3 rings (SSSR count). The Morgan fingerprint density at radius 3 is 2.94 bits per heavy atom. The second-order valence-corrected chi connectivity index (χ2v) is 5.63. The number of carbonyl (C=O) groups excluding carboxylic acids is 1. The molecule has 1 aliphatic carbocycles. The zero-order chi connectivity index (χ0) is 12.8. The van der Waals surface area contributed by atoms with E-state index in [2.05, 4.69) is 0 Å². The largest absolute Gasteiger partial charge is 0.493 e. The molecule has 1 unspecified atom stereocenters. The van der Waals surface area contributed by atoms with E-state index in [1.165, 1.54) is 0 Å². The van der Waals surface area contributed by atoms with Crippen molar-refractivity contribution in [3.8, 4) is 5.75 Å². The molecule has 0 radical (unpaired) electrons. The van der Waals surface area contributed by atoms with Gasteiger partial charge in [0.1, 0.15) is 5.75 Å². The molecule has 0 bridgehead atoms. The van der Waals surface area contributed by atoms with Crippen LogP contribution in [0.5, 0.6) is 5.75 Å². The van der Waals surface area contributed by atoms with Gasteiger partial charge in [0.15, 0.2) is 5.78 Å². The summed E-state index contributed by atoms with van der Waals surface area (Å²) in [7, 11) is 0. The molecule has 18 heavy (non-hydrogen) atoms. The molecule has 0 saturated heterocycles. The van der Waals surface area contributed by atoms with Crippen molar-refractivity contribution in [3.63, 3.8) is 0 Å². The van der Waals surface area contributed by atoms with Crippen LogP contribution in [-0.4, -0.2) is 17.9 Å². The number of aryl methyl sites for hydroxylation is 1. The van der Waals surface area contributed by atoms with E-state index in [0.29, 0.717) is 18.1 Å². The zero-order valence-corrected chi connectivity index (χ0v) is 10.7. The lowest BCUT2D eigenvalue weighted by molar-refractivity contribution is 0.0878. The summed E-state index contributed by atoms with van der Waals surface area (Å²) in [4.78, 5) is 12.6. The van der Waals surface area contributed by atoms with Crippen LogP contribution in [0.3, 0.4) is 0 Å². The Kier molecular flexibility index (Phi) is 2.67. The molecule has 1 heterocycles. The van der Waals surface area contributed by atoms with Gasteiger partial charge >= 0.3 is 0 Å². The molecule has 0 amide bonds. The highest BCUT2D eigenvalue weighted by Crippen LogP contribution is 2.41. The van der Waals surface area contributed by atoms with Crippen molar-refractivity contribution < 1.29 is 9.53 Å². The van der Waals surface area contributed by atoms with Crippen molar-refractivity contribution in [3.05, 3.63) is 29.3 Å². The molecule has 0 spiro atoms. The molecule has 0 aromatic heterocycles. The molecule has 1 aromatic rings. The first-order valence-electron chi connectivity index (χ1n) is 6.69. The standard InChI is InChI=1S/C15H19NO2/c1-15(16,11-7-8-11)14(17)12-6-2-4-10-5-3-9-18-13(10)12/h2,4,6,11H,3,5,7-9,16H2,1H3. The lowest BCUT2D eigenvalue weighted by Crippen LogP contribution is -2.47. The number of carbonyl (C=O) groups is 1. The average Bonchev–Trinajstić information content (AvgIpc) is 3.22. The molecular formula is C15H19NO2. The van der Waals surface area contributed by atoms with E-state index in [-0.39, 0.29) is 5.78 Å². The summed E-state index contributed by atoms with van der Waals surface area (Å²) >= 11 is 0. The summed E-state index contributed by atoms with van der Waals surface area (Å²) < 4.78 is 5.69. The molecule has 1 atom stereocenters. The number of hydrogen-bond donors (Lipinski definition) is 1. The quantitative estimate of drug-likeness (QED) is 0.831. The van der Waals surface area contributed by atoms with Gasteiger partial charge in [0.25, 0.3) is 0 Å². The van der Waals surface area contributed by atoms with Crippen molar-refractivity contribution in [2.24, 2.45) is 11.7 Å². The Bertz CT molecular complexity index is 489. The normalized spacial score (nSPS) is 21.7. The fraction of sp³-hybridized carbons (Fsp3) is 0.533. The lowest BCUT2D eigenvalue weighted by atomic mass is 9.86. The molecule has 2 aliphatic rings. The number of ketones is 1.